The Morgan fingerprint density at radius 1 is 1.32 bits per heavy atom. The fourth-order valence-corrected chi connectivity index (χ4v) is 2.59. The summed E-state index contributed by atoms with van der Waals surface area (Å²) >= 11 is 7.32. The van der Waals surface area contributed by atoms with E-state index in [2.05, 4.69) is 5.32 Å². The summed E-state index contributed by atoms with van der Waals surface area (Å²) in [7, 11) is 0. The Morgan fingerprint density at radius 3 is 2.58 bits per heavy atom. The minimum atomic E-state index is -0.616. The number of thiophene rings is 1. The van der Waals surface area contributed by atoms with E-state index in [4.69, 9.17) is 17.3 Å². The summed E-state index contributed by atoms with van der Waals surface area (Å²) < 4.78 is 0. The normalized spacial score (nSPS) is 13.8. The van der Waals surface area contributed by atoms with Crippen LogP contribution < -0.4 is 11.1 Å². The van der Waals surface area contributed by atoms with Gasteiger partial charge in [-0.05, 0) is 36.1 Å². The van der Waals surface area contributed by atoms with Crippen LogP contribution in [0.2, 0.25) is 5.02 Å². The van der Waals surface area contributed by atoms with Crippen LogP contribution >= 0.6 is 22.9 Å². The summed E-state index contributed by atoms with van der Waals surface area (Å²) in [4.78, 5) is 12.9. The summed E-state index contributed by atoms with van der Waals surface area (Å²) in [6.45, 7) is 1.92. The maximum absolute atomic E-state index is 12.0. The van der Waals surface area contributed by atoms with Crippen molar-refractivity contribution in [1.29, 1.82) is 0 Å². The average Bonchev–Trinajstić information content (AvgIpc) is 2.92. The second kappa shape index (κ2) is 6.19. The molecule has 3 nitrogen and oxygen atoms in total. The zero-order chi connectivity index (χ0) is 13.8. The van der Waals surface area contributed by atoms with Gasteiger partial charge in [-0.15, -0.1) is 11.3 Å². The topological polar surface area (TPSA) is 55.1 Å². The van der Waals surface area contributed by atoms with Crippen LogP contribution in [0.3, 0.4) is 0 Å². The average molecular weight is 295 g/mol. The molecule has 19 heavy (non-hydrogen) atoms. The van der Waals surface area contributed by atoms with Crippen LogP contribution in [0.15, 0.2) is 41.8 Å². The Balaban J connectivity index is 2.00. The van der Waals surface area contributed by atoms with Crippen molar-refractivity contribution in [1.82, 2.24) is 5.32 Å². The number of carbonyl (C=O) groups excluding carboxylic acids is 1. The van der Waals surface area contributed by atoms with Crippen LogP contribution in [-0.4, -0.2) is 5.91 Å². The van der Waals surface area contributed by atoms with Crippen molar-refractivity contribution in [3.63, 3.8) is 0 Å². The molecule has 1 heterocycles. The third-order valence-electron chi connectivity index (χ3n) is 2.86. The first-order valence-corrected chi connectivity index (χ1v) is 7.18. The second-order valence-corrected chi connectivity index (χ2v) is 5.69. The zero-order valence-electron chi connectivity index (χ0n) is 10.5. The van der Waals surface area contributed by atoms with E-state index < -0.39 is 6.04 Å². The third kappa shape index (κ3) is 3.56. The van der Waals surface area contributed by atoms with E-state index in [-0.39, 0.29) is 11.9 Å². The minimum Gasteiger partial charge on any atom is -0.348 e. The van der Waals surface area contributed by atoms with E-state index in [1.165, 1.54) is 11.3 Å². The zero-order valence-corrected chi connectivity index (χ0v) is 12.0. The van der Waals surface area contributed by atoms with Crippen molar-refractivity contribution < 1.29 is 4.79 Å². The van der Waals surface area contributed by atoms with E-state index in [1.807, 2.05) is 36.6 Å². The molecule has 5 heteroatoms. The fraction of sp³-hybridized carbons (Fsp3) is 0.214. The second-order valence-electron chi connectivity index (χ2n) is 4.27. The van der Waals surface area contributed by atoms with Gasteiger partial charge in [-0.1, -0.05) is 29.8 Å². The summed E-state index contributed by atoms with van der Waals surface area (Å²) in [5.74, 6) is -0.176. The Morgan fingerprint density at radius 2 is 2.00 bits per heavy atom. The SMILES string of the molecule is CC(NC(=O)C(N)c1cccs1)c1ccc(Cl)cc1. The Kier molecular flexibility index (Phi) is 4.58. The first-order chi connectivity index (χ1) is 9.08. The van der Waals surface area contributed by atoms with Gasteiger partial charge in [0.05, 0.1) is 6.04 Å². The number of rotatable bonds is 4. The number of halogens is 1. The monoisotopic (exact) mass is 294 g/mol. The summed E-state index contributed by atoms with van der Waals surface area (Å²) in [5, 5.41) is 5.49. The molecule has 100 valence electrons. The highest BCUT2D eigenvalue weighted by Gasteiger charge is 2.18. The molecule has 2 unspecified atom stereocenters. The molecule has 1 aromatic heterocycles. The van der Waals surface area contributed by atoms with E-state index >= 15 is 0 Å². The molecule has 1 amide bonds. The van der Waals surface area contributed by atoms with Gasteiger partial charge < -0.3 is 11.1 Å². The van der Waals surface area contributed by atoms with Gasteiger partial charge >= 0.3 is 0 Å². The van der Waals surface area contributed by atoms with Crippen molar-refractivity contribution in [2.45, 2.75) is 19.0 Å². The number of carbonyl (C=O) groups is 1. The summed E-state index contributed by atoms with van der Waals surface area (Å²) in [6, 6.07) is 10.4. The van der Waals surface area contributed by atoms with Crippen LogP contribution in [0.1, 0.15) is 29.4 Å². The molecule has 0 aliphatic heterocycles. The van der Waals surface area contributed by atoms with Crippen LogP contribution in [0.25, 0.3) is 0 Å². The lowest BCUT2D eigenvalue weighted by atomic mass is 10.1. The highest BCUT2D eigenvalue weighted by atomic mass is 35.5. The molecular weight excluding hydrogens is 280 g/mol. The van der Waals surface area contributed by atoms with Crippen LogP contribution in [-0.2, 0) is 4.79 Å². The molecule has 0 aliphatic rings. The van der Waals surface area contributed by atoms with Crippen molar-refractivity contribution in [3.05, 3.63) is 57.2 Å². The maximum Gasteiger partial charge on any atom is 0.242 e. The van der Waals surface area contributed by atoms with E-state index in [0.717, 1.165) is 10.4 Å². The van der Waals surface area contributed by atoms with E-state index in [1.54, 1.807) is 12.1 Å². The molecule has 2 atom stereocenters. The molecule has 0 fully saturated rings. The first kappa shape index (κ1) is 14.1. The Labute approximate surface area is 121 Å². The summed E-state index contributed by atoms with van der Waals surface area (Å²) in [6.07, 6.45) is 0. The molecular formula is C14H15ClN2OS. The smallest absolute Gasteiger partial charge is 0.242 e. The Bertz CT molecular complexity index is 539. The van der Waals surface area contributed by atoms with E-state index in [0.29, 0.717) is 5.02 Å². The van der Waals surface area contributed by atoms with Gasteiger partial charge in [-0.2, -0.15) is 0 Å². The lowest BCUT2D eigenvalue weighted by Crippen LogP contribution is -2.35. The molecule has 0 saturated heterocycles. The van der Waals surface area contributed by atoms with Gasteiger partial charge in [0.25, 0.3) is 0 Å². The van der Waals surface area contributed by atoms with Crippen molar-refractivity contribution in [2.24, 2.45) is 5.73 Å². The van der Waals surface area contributed by atoms with Crippen LogP contribution in [0.4, 0.5) is 0 Å². The predicted octanol–water partition coefficient (Wildman–Crippen LogP) is 3.28. The van der Waals surface area contributed by atoms with Gasteiger partial charge in [0.2, 0.25) is 5.91 Å². The molecule has 0 spiro atoms. The van der Waals surface area contributed by atoms with Crippen molar-refractivity contribution >= 4 is 28.8 Å². The Hall–Kier alpha value is -1.36. The molecule has 1 aromatic carbocycles. The minimum absolute atomic E-state index is 0.101. The maximum atomic E-state index is 12.0. The van der Waals surface area contributed by atoms with Crippen molar-refractivity contribution in [3.8, 4) is 0 Å². The lowest BCUT2D eigenvalue weighted by Gasteiger charge is -2.17. The van der Waals surface area contributed by atoms with Gasteiger partial charge in [0, 0.05) is 9.90 Å². The van der Waals surface area contributed by atoms with Gasteiger partial charge in [-0.3, -0.25) is 4.79 Å². The molecule has 3 N–H and O–H groups in total. The van der Waals surface area contributed by atoms with Crippen molar-refractivity contribution in [2.75, 3.05) is 0 Å². The fourth-order valence-electron chi connectivity index (χ4n) is 1.74. The van der Waals surface area contributed by atoms with Gasteiger partial charge in [0.15, 0.2) is 0 Å². The van der Waals surface area contributed by atoms with Crippen LogP contribution in [0, 0.1) is 0 Å². The number of nitrogens with two attached hydrogens (primary N) is 1. The first-order valence-electron chi connectivity index (χ1n) is 5.93. The van der Waals surface area contributed by atoms with E-state index in [9.17, 15) is 4.79 Å². The largest absolute Gasteiger partial charge is 0.348 e. The number of benzene rings is 1. The quantitative estimate of drug-likeness (QED) is 0.909. The van der Waals surface area contributed by atoms with Crippen LogP contribution in [0.5, 0.6) is 0 Å². The number of hydrogen-bond donors (Lipinski definition) is 2. The third-order valence-corrected chi connectivity index (χ3v) is 4.07. The standard InChI is InChI=1S/C14H15ClN2OS/c1-9(10-4-6-11(15)7-5-10)17-14(18)13(16)12-3-2-8-19-12/h2-9,13H,16H2,1H3,(H,17,18). The molecule has 2 aromatic rings. The highest BCUT2D eigenvalue weighted by molar-refractivity contribution is 7.10. The molecule has 0 saturated carbocycles. The molecule has 0 radical (unpaired) electrons. The molecule has 2 rings (SSSR count). The number of nitrogens with one attached hydrogen (secondary N) is 1. The van der Waals surface area contributed by atoms with Gasteiger partial charge in [0.1, 0.15) is 6.04 Å². The summed E-state index contributed by atoms with van der Waals surface area (Å²) in [5.41, 5.74) is 6.91. The number of amides is 1. The number of hydrogen-bond acceptors (Lipinski definition) is 3. The van der Waals surface area contributed by atoms with Gasteiger partial charge in [-0.25, -0.2) is 0 Å². The lowest BCUT2D eigenvalue weighted by molar-refractivity contribution is -0.123. The highest BCUT2D eigenvalue weighted by Crippen LogP contribution is 2.20. The molecule has 0 aliphatic carbocycles. The molecule has 0 bridgehead atoms. The predicted molar refractivity (Wildman–Crippen MR) is 79.3 cm³/mol.